The van der Waals surface area contributed by atoms with Crippen LogP contribution < -0.4 is 0 Å². The van der Waals surface area contributed by atoms with E-state index in [1.807, 2.05) is 0 Å². The van der Waals surface area contributed by atoms with Crippen LogP contribution in [0, 0.1) is 0 Å². The second-order valence-electron chi connectivity index (χ2n) is 5.39. The van der Waals surface area contributed by atoms with Gasteiger partial charge in [0.15, 0.2) is 0 Å². The molecule has 1 saturated carbocycles. The van der Waals surface area contributed by atoms with Crippen molar-refractivity contribution in [1.82, 2.24) is 5.06 Å². The molecule has 0 bridgehead atoms. The largest absolute Gasteiger partial charge is 0.299 e. The molecule has 1 heterocycles. The van der Waals surface area contributed by atoms with Crippen LogP contribution in [-0.2, 0) is 4.84 Å². The Morgan fingerprint density at radius 1 is 0.688 bits per heavy atom. The fourth-order valence-corrected chi connectivity index (χ4v) is 2.98. The van der Waals surface area contributed by atoms with E-state index in [2.05, 4.69) is 5.06 Å². The van der Waals surface area contributed by atoms with Crippen LogP contribution in [0.1, 0.15) is 70.6 Å². The molecule has 1 aliphatic carbocycles. The summed E-state index contributed by atoms with van der Waals surface area (Å²) in [6.45, 7) is 2.13. The van der Waals surface area contributed by atoms with Crippen LogP contribution in [0.25, 0.3) is 0 Å². The molecule has 0 N–H and O–H groups in total. The van der Waals surface area contributed by atoms with E-state index in [1.165, 1.54) is 77.2 Å². The highest BCUT2D eigenvalue weighted by Gasteiger charge is 2.20. The molecule has 0 amide bonds. The smallest absolute Gasteiger partial charge is 0.0685 e. The Bertz CT molecular complexity index is 148. The first-order chi connectivity index (χ1) is 7.97. The first-order valence-corrected chi connectivity index (χ1v) is 7.36. The lowest BCUT2D eigenvalue weighted by atomic mass is 9.96. The lowest BCUT2D eigenvalue weighted by Crippen LogP contribution is -2.37. The summed E-state index contributed by atoms with van der Waals surface area (Å²) in [5.41, 5.74) is 0. The molecular formula is C14H27NO. The Morgan fingerprint density at radius 3 is 2.12 bits per heavy atom. The van der Waals surface area contributed by atoms with E-state index in [0.717, 1.165) is 12.6 Å². The van der Waals surface area contributed by atoms with Crippen molar-refractivity contribution < 1.29 is 4.84 Å². The molecular weight excluding hydrogens is 198 g/mol. The molecule has 0 unspecified atom stereocenters. The monoisotopic (exact) mass is 225 g/mol. The Labute approximate surface area is 100 Å². The molecule has 0 radical (unpaired) electrons. The summed E-state index contributed by atoms with van der Waals surface area (Å²) in [6, 6.07) is 0.721. The maximum Gasteiger partial charge on any atom is 0.0685 e. The molecule has 0 aromatic rings. The lowest BCUT2D eigenvalue weighted by Gasteiger charge is -2.33. The molecule has 16 heavy (non-hydrogen) atoms. The van der Waals surface area contributed by atoms with E-state index >= 15 is 0 Å². The van der Waals surface area contributed by atoms with Crippen molar-refractivity contribution in [3.63, 3.8) is 0 Å². The van der Waals surface area contributed by atoms with Crippen molar-refractivity contribution in [2.75, 3.05) is 13.2 Å². The summed E-state index contributed by atoms with van der Waals surface area (Å²) in [4.78, 5) is 5.95. The molecule has 2 fully saturated rings. The second kappa shape index (κ2) is 7.29. The number of hydrogen-bond donors (Lipinski definition) is 0. The molecule has 2 aliphatic rings. The standard InChI is InChI=1S/C14H27NO/c1-2-6-10-14(11-7-3-1)15-12-8-4-5-9-13-16-15/h14H,1-13H2. The fourth-order valence-electron chi connectivity index (χ4n) is 2.98. The Kier molecular flexibility index (Phi) is 5.64. The molecule has 1 saturated heterocycles. The highest BCUT2D eigenvalue weighted by molar-refractivity contribution is 4.70. The van der Waals surface area contributed by atoms with Crippen molar-refractivity contribution in [2.45, 2.75) is 76.7 Å². The van der Waals surface area contributed by atoms with Crippen molar-refractivity contribution in [2.24, 2.45) is 0 Å². The first-order valence-electron chi connectivity index (χ1n) is 7.36. The Hall–Kier alpha value is -0.0800. The second-order valence-corrected chi connectivity index (χ2v) is 5.39. The van der Waals surface area contributed by atoms with Gasteiger partial charge in [-0.2, -0.15) is 5.06 Å². The molecule has 1 aliphatic heterocycles. The summed E-state index contributed by atoms with van der Waals surface area (Å²) >= 11 is 0. The van der Waals surface area contributed by atoms with Crippen molar-refractivity contribution in [3.05, 3.63) is 0 Å². The van der Waals surface area contributed by atoms with Crippen LogP contribution in [0.2, 0.25) is 0 Å². The van der Waals surface area contributed by atoms with Gasteiger partial charge in [-0.3, -0.25) is 4.84 Å². The van der Waals surface area contributed by atoms with Crippen LogP contribution >= 0.6 is 0 Å². The number of hydrogen-bond acceptors (Lipinski definition) is 2. The Morgan fingerprint density at radius 2 is 1.31 bits per heavy atom. The van der Waals surface area contributed by atoms with E-state index in [1.54, 1.807) is 0 Å². The minimum atomic E-state index is 0.721. The third kappa shape index (κ3) is 4.06. The molecule has 94 valence electrons. The van der Waals surface area contributed by atoms with Gasteiger partial charge in [-0.05, 0) is 25.7 Å². The molecule has 2 heteroatoms. The predicted molar refractivity (Wildman–Crippen MR) is 67.2 cm³/mol. The van der Waals surface area contributed by atoms with Crippen LogP contribution in [0.5, 0.6) is 0 Å². The third-order valence-corrected chi connectivity index (χ3v) is 4.01. The van der Waals surface area contributed by atoms with Crippen LogP contribution in [0.15, 0.2) is 0 Å². The zero-order valence-electron chi connectivity index (χ0n) is 10.6. The van der Waals surface area contributed by atoms with E-state index in [0.29, 0.717) is 0 Å². The number of hydroxylamine groups is 2. The quantitative estimate of drug-likeness (QED) is 0.671. The molecule has 0 aromatic heterocycles. The molecule has 2 rings (SSSR count). The van der Waals surface area contributed by atoms with Gasteiger partial charge in [-0.15, -0.1) is 0 Å². The number of rotatable bonds is 1. The van der Waals surface area contributed by atoms with E-state index in [4.69, 9.17) is 4.84 Å². The lowest BCUT2D eigenvalue weighted by molar-refractivity contribution is -0.195. The van der Waals surface area contributed by atoms with E-state index in [9.17, 15) is 0 Å². The topological polar surface area (TPSA) is 12.5 Å². The zero-order valence-corrected chi connectivity index (χ0v) is 10.6. The summed E-state index contributed by atoms with van der Waals surface area (Å²) < 4.78 is 0. The maximum absolute atomic E-state index is 5.95. The van der Waals surface area contributed by atoms with Gasteiger partial charge in [0.1, 0.15) is 0 Å². The van der Waals surface area contributed by atoms with Gasteiger partial charge in [0.25, 0.3) is 0 Å². The molecule has 2 nitrogen and oxygen atoms in total. The number of nitrogens with zero attached hydrogens (tertiary/aromatic N) is 1. The normalized spacial score (nSPS) is 27.8. The molecule has 0 aromatic carbocycles. The van der Waals surface area contributed by atoms with E-state index < -0.39 is 0 Å². The minimum absolute atomic E-state index is 0.721. The molecule has 0 spiro atoms. The summed E-state index contributed by atoms with van der Waals surface area (Å²) in [5.74, 6) is 0. The average molecular weight is 225 g/mol. The van der Waals surface area contributed by atoms with Crippen LogP contribution in [0.4, 0.5) is 0 Å². The van der Waals surface area contributed by atoms with E-state index in [-0.39, 0.29) is 0 Å². The van der Waals surface area contributed by atoms with Gasteiger partial charge in [0.2, 0.25) is 0 Å². The van der Waals surface area contributed by atoms with Gasteiger partial charge in [-0.1, -0.05) is 44.9 Å². The van der Waals surface area contributed by atoms with Crippen LogP contribution in [-0.4, -0.2) is 24.3 Å². The van der Waals surface area contributed by atoms with Gasteiger partial charge in [0, 0.05) is 12.6 Å². The Balaban J connectivity index is 1.81. The van der Waals surface area contributed by atoms with Crippen LogP contribution in [0.3, 0.4) is 0 Å². The average Bonchev–Trinajstić information content (AvgIpc) is 2.18. The van der Waals surface area contributed by atoms with Gasteiger partial charge in [0.05, 0.1) is 6.61 Å². The first kappa shape index (κ1) is 12.4. The predicted octanol–water partition coefficient (Wildman–Crippen LogP) is 3.91. The third-order valence-electron chi connectivity index (χ3n) is 4.01. The van der Waals surface area contributed by atoms with Crippen molar-refractivity contribution in [1.29, 1.82) is 0 Å². The van der Waals surface area contributed by atoms with Gasteiger partial charge < -0.3 is 0 Å². The highest BCUT2D eigenvalue weighted by atomic mass is 16.7. The summed E-state index contributed by atoms with van der Waals surface area (Å²) in [5, 5.41) is 2.34. The van der Waals surface area contributed by atoms with Crippen molar-refractivity contribution in [3.8, 4) is 0 Å². The maximum atomic E-state index is 5.95. The minimum Gasteiger partial charge on any atom is -0.299 e. The SMILES string of the molecule is C1CCCC(N2CCCCCCO2)CCC1. The summed E-state index contributed by atoms with van der Waals surface area (Å²) in [7, 11) is 0. The van der Waals surface area contributed by atoms with Gasteiger partial charge >= 0.3 is 0 Å². The highest BCUT2D eigenvalue weighted by Crippen LogP contribution is 2.23. The molecule has 0 atom stereocenters. The fraction of sp³-hybridized carbons (Fsp3) is 1.00. The zero-order chi connectivity index (χ0) is 11.1. The van der Waals surface area contributed by atoms with Crippen molar-refractivity contribution >= 4 is 0 Å². The summed E-state index contributed by atoms with van der Waals surface area (Å²) in [6.07, 6.45) is 15.2. The van der Waals surface area contributed by atoms with Gasteiger partial charge in [-0.25, -0.2) is 0 Å².